The monoisotopic (exact) mass is 827 g/mol. The number of hydrogen-bond acceptors (Lipinski definition) is 8. The Kier molecular flexibility index (Phi) is 15.2. The third-order valence-corrected chi connectivity index (χ3v) is 13.7. The van der Waals surface area contributed by atoms with Crippen molar-refractivity contribution >= 4 is 28.9 Å². The molecule has 8 bridgehead atoms. The number of carbonyl (C=O) groups is 2. The average molecular weight is 827 g/mol. The molecule has 5 unspecified atom stereocenters. The second-order valence-corrected chi connectivity index (χ2v) is 18.6. The Morgan fingerprint density at radius 1 is 0.967 bits per heavy atom. The van der Waals surface area contributed by atoms with E-state index >= 15 is 0 Å². The molecular formula is C53H70N4O4. The van der Waals surface area contributed by atoms with Gasteiger partial charge in [-0.2, -0.15) is 0 Å². The topological polar surface area (TPSA) is 113 Å². The highest BCUT2D eigenvalue weighted by molar-refractivity contribution is 6.38. The van der Waals surface area contributed by atoms with Crippen molar-refractivity contribution in [3.8, 4) is 0 Å². The van der Waals surface area contributed by atoms with E-state index in [-0.39, 0.29) is 43.0 Å². The maximum Gasteiger partial charge on any atom is 0.306 e. The maximum atomic E-state index is 13.8. The number of aliphatic hydroxyl groups is 1. The molecule has 0 aromatic heterocycles. The van der Waals surface area contributed by atoms with Crippen molar-refractivity contribution in [1.29, 1.82) is 0 Å². The van der Waals surface area contributed by atoms with Crippen molar-refractivity contribution in [3.63, 3.8) is 0 Å². The summed E-state index contributed by atoms with van der Waals surface area (Å²) >= 11 is 0. The fourth-order valence-electron chi connectivity index (χ4n) is 10.2. The van der Waals surface area contributed by atoms with Crippen LogP contribution in [0.25, 0.3) is 0 Å². The van der Waals surface area contributed by atoms with Crippen molar-refractivity contribution in [2.24, 2.45) is 44.6 Å². The van der Waals surface area contributed by atoms with Crippen LogP contribution < -0.4 is 5.32 Å². The summed E-state index contributed by atoms with van der Waals surface area (Å²) in [4.78, 5) is 42.2. The number of nitrogens with zero attached hydrogens (tertiary/aromatic N) is 3. The molecule has 2 N–H and O–H groups in total. The molecule has 0 radical (unpaired) electrons. The quantitative estimate of drug-likeness (QED) is 0.0583. The summed E-state index contributed by atoms with van der Waals surface area (Å²) in [6.07, 6.45) is 24.2. The Balaban J connectivity index is 1.17. The number of aliphatic imine (C=N–C) groups is 3. The van der Waals surface area contributed by atoms with Gasteiger partial charge in [-0.25, -0.2) is 15.0 Å². The molecule has 2 fully saturated rings. The predicted molar refractivity (Wildman–Crippen MR) is 251 cm³/mol. The molecule has 1 saturated heterocycles. The number of hydrogen-bond donors (Lipinski definition) is 2. The fraction of sp³-hybridized carbons (Fsp3) is 0.528. The summed E-state index contributed by atoms with van der Waals surface area (Å²) in [5.41, 5.74) is 13.2. The summed E-state index contributed by atoms with van der Waals surface area (Å²) in [5.74, 6) is 1.90. The number of allylic oxidation sites excluding steroid dienone is 13. The third-order valence-electron chi connectivity index (χ3n) is 13.7. The number of ketones is 1. The molecule has 1 saturated carbocycles. The number of Topliss-reactive ketones (excluding diaryl/α,β-unsaturated/α-hetero) is 1. The number of aliphatic hydroxyl groups excluding tert-OH is 1. The number of unbranched alkanes of at least 4 members (excludes halogenated alkanes) is 2. The molecule has 5 heterocycles. The molecular weight excluding hydrogens is 757 g/mol. The van der Waals surface area contributed by atoms with Gasteiger partial charge in [0.2, 0.25) is 0 Å². The zero-order valence-electron chi connectivity index (χ0n) is 38.5. The van der Waals surface area contributed by atoms with Gasteiger partial charge in [0.05, 0.1) is 40.5 Å². The van der Waals surface area contributed by atoms with Gasteiger partial charge in [-0.1, -0.05) is 105 Å². The van der Waals surface area contributed by atoms with Crippen LogP contribution in [0.1, 0.15) is 146 Å². The van der Waals surface area contributed by atoms with Crippen LogP contribution >= 0.6 is 0 Å². The first kappa shape index (κ1) is 45.7. The summed E-state index contributed by atoms with van der Waals surface area (Å²) in [6, 6.07) is 0. The van der Waals surface area contributed by atoms with Crippen LogP contribution in [0, 0.1) is 29.6 Å². The smallest absolute Gasteiger partial charge is 0.306 e. The molecule has 0 aromatic carbocycles. The zero-order chi connectivity index (χ0) is 44.0. The molecule has 61 heavy (non-hydrogen) atoms. The molecule has 0 aromatic rings. The van der Waals surface area contributed by atoms with Gasteiger partial charge in [0.15, 0.2) is 5.78 Å². The number of fused-ring (bicyclic) bond motifs is 5. The van der Waals surface area contributed by atoms with Crippen LogP contribution in [-0.2, 0) is 14.3 Å². The van der Waals surface area contributed by atoms with Gasteiger partial charge < -0.3 is 15.2 Å². The molecule has 326 valence electrons. The van der Waals surface area contributed by atoms with Gasteiger partial charge in [-0.3, -0.25) is 9.59 Å². The van der Waals surface area contributed by atoms with E-state index in [0.29, 0.717) is 52.7 Å². The summed E-state index contributed by atoms with van der Waals surface area (Å²) in [5, 5.41) is 14.1. The van der Waals surface area contributed by atoms with E-state index in [4.69, 9.17) is 19.7 Å². The lowest BCUT2D eigenvalue weighted by Crippen LogP contribution is -2.16. The van der Waals surface area contributed by atoms with E-state index in [2.05, 4.69) is 65.6 Å². The lowest BCUT2D eigenvalue weighted by molar-refractivity contribution is -0.142. The van der Waals surface area contributed by atoms with Crippen molar-refractivity contribution in [2.45, 2.75) is 146 Å². The van der Waals surface area contributed by atoms with Crippen molar-refractivity contribution in [1.82, 2.24) is 5.32 Å². The minimum absolute atomic E-state index is 0.00438. The normalized spacial score (nSPS) is 23.3. The van der Waals surface area contributed by atoms with Gasteiger partial charge in [0, 0.05) is 58.4 Å². The number of esters is 1. The molecule has 6 rings (SSSR count). The fourth-order valence-corrected chi connectivity index (χ4v) is 10.2. The van der Waals surface area contributed by atoms with Crippen LogP contribution in [0.2, 0.25) is 0 Å². The molecule has 0 spiro atoms. The predicted octanol–water partition coefficient (Wildman–Crippen LogP) is 12.7. The standard InChI is InChI=1S/C53H70N4O4/c1-11-14-15-17-31(4)18-16-19-32(5)24-34(7)25-33(6)22-23-61-50(60)21-20-40-36(9)44-27-43-35(8)38(12-2)46(54-43)29-48-42(30-58)39(13-3)47(55-48)28-45-37(10)51-49(59)26-41(52(40)56-44)53(51)57-45/h12,22,27-32,34,36,40,56,58H,2,11,13-21,23-26H2,1,3-10H3/b33-22+,42-30?,44-27?,45-28?,46-29?,52-41?. The van der Waals surface area contributed by atoms with Crippen LogP contribution in [0.15, 0.2) is 131 Å². The highest BCUT2D eigenvalue weighted by Gasteiger charge is 2.43. The minimum atomic E-state index is -0.221. The number of rotatable bonds is 19. The first-order valence-electron chi connectivity index (χ1n) is 23.2. The van der Waals surface area contributed by atoms with Crippen LogP contribution in [0.5, 0.6) is 0 Å². The summed E-state index contributed by atoms with van der Waals surface area (Å²) in [6.45, 7) is 24.2. The zero-order valence-corrected chi connectivity index (χ0v) is 38.5. The molecule has 5 atom stereocenters. The highest BCUT2D eigenvalue weighted by Crippen LogP contribution is 2.45. The van der Waals surface area contributed by atoms with Gasteiger partial charge in [0.1, 0.15) is 6.61 Å². The third kappa shape index (κ3) is 10.3. The van der Waals surface area contributed by atoms with E-state index in [0.717, 1.165) is 75.2 Å². The Morgan fingerprint density at radius 3 is 2.44 bits per heavy atom. The van der Waals surface area contributed by atoms with Gasteiger partial charge in [-0.15, -0.1) is 0 Å². The van der Waals surface area contributed by atoms with Crippen molar-refractivity contribution < 1.29 is 19.4 Å². The van der Waals surface area contributed by atoms with E-state index in [9.17, 15) is 14.7 Å². The largest absolute Gasteiger partial charge is 0.515 e. The molecule has 6 aliphatic rings. The lowest BCUT2D eigenvalue weighted by atomic mass is 9.86. The molecule has 8 heteroatoms. The highest BCUT2D eigenvalue weighted by atomic mass is 16.5. The van der Waals surface area contributed by atoms with Crippen LogP contribution in [0.3, 0.4) is 0 Å². The number of carbonyl (C=O) groups excluding carboxylic acids is 2. The second-order valence-electron chi connectivity index (χ2n) is 18.6. The van der Waals surface area contributed by atoms with Crippen molar-refractivity contribution in [3.05, 3.63) is 116 Å². The molecule has 8 nitrogen and oxygen atoms in total. The van der Waals surface area contributed by atoms with Gasteiger partial charge in [-0.05, 0) is 105 Å². The second kappa shape index (κ2) is 20.3. The van der Waals surface area contributed by atoms with E-state index in [1.807, 2.05) is 39.0 Å². The Hall–Kier alpha value is -4.85. The van der Waals surface area contributed by atoms with Gasteiger partial charge in [0.25, 0.3) is 0 Å². The van der Waals surface area contributed by atoms with Crippen LogP contribution in [0.4, 0.5) is 0 Å². The SMILES string of the molecule is C=CC1=C(C)C2=NC1=CC1=NC(=C(CC)C1=CO)C=C1N=C3C(=C4NC(=C2)C(C)C4CCC(=O)OC/C=C(\C)CC(C)CC(C)CCCC(C)CCCCC)CC(=O)C3=C1C. The Labute approximate surface area is 365 Å². The van der Waals surface area contributed by atoms with Crippen LogP contribution in [-0.4, -0.2) is 40.6 Å². The Morgan fingerprint density at radius 2 is 1.72 bits per heavy atom. The van der Waals surface area contributed by atoms with E-state index in [1.54, 1.807) is 0 Å². The molecule has 1 aliphatic carbocycles. The maximum absolute atomic E-state index is 13.8. The Bertz CT molecular complexity index is 2190. The first-order valence-corrected chi connectivity index (χ1v) is 23.2. The summed E-state index contributed by atoms with van der Waals surface area (Å²) < 4.78 is 5.81. The minimum Gasteiger partial charge on any atom is -0.515 e. The molecule has 0 amide bonds. The lowest BCUT2D eigenvalue weighted by Gasteiger charge is -2.19. The van der Waals surface area contributed by atoms with E-state index < -0.39 is 0 Å². The van der Waals surface area contributed by atoms with Gasteiger partial charge >= 0.3 is 5.97 Å². The van der Waals surface area contributed by atoms with Crippen molar-refractivity contribution in [2.75, 3.05) is 6.61 Å². The molecule has 5 aliphatic heterocycles. The number of nitrogens with one attached hydrogen (secondary N) is 1. The average Bonchev–Trinajstić information content (AvgIpc) is 3.98. The summed E-state index contributed by atoms with van der Waals surface area (Å²) in [7, 11) is 0. The van der Waals surface area contributed by atoms with E-state index in [1.165, 1.54) is 56.9 Å². The number of ether oxygens (including phenoxy) is 1. The first-order chi connectivity index (χ1) is 29.3.